The first-order valence-corrected chi connectivity index (χ1v) is 7.64. The smallest absolute Gasteiger partial charge is 0.338 e. The van der Waals surface area contributed by atoms with Crippen molar-refractivity contribution in [3.63, 3.8) is 0 Å². The van der Waals surface area contributed by atoms with Crippen LogP contribution in [0.3, 0.4) is 0 Å². The van der Waals surface area contributed by atoms with Crippen LogP contribution in [0.2, 0.25) is 0 Å². The molecule has 2 rings (SSSR count). The summed E-state index contributed by atoms with van der Waals surface area (Å²) in [6.45, 7) is 8.14. The number of nitrogens with zero attached hydrogens (tertiary/aromatic N) is 2. The van der Waals surface area contributed by atoms with E-state index in [-0.39, 0.29) is 12.0 Å². The molecule has 0 spiro atoms. The lowest BCUT2D eigenvalue weighted by Crippen LogP contribution is -2.13. The van der Waals surface area contributed by atoms with Gasteiger partial charge in [0.05, 0.1) is 12.2 Å². The van der Waals surface area contributed by atoms with Crippen molar-refractivity contribution in [2.24, 2.45) is 0 Å². The Bertz CT molecular complexity index is 669. The minimum atomic E-state index is -0.319. The normalized spacial score (nSPS) is 10.5. The number of rotatable bonds is 6. The molecule has 1 heterocycles. The molecule has 6 nitrogen and oxygen atoms in total. The SMILES string of the molecule is CCOC(=O)c1ccc(Nc2cc(C)nc(NC(C)C)n2)cc1. The van der Waals surface area contributed by atoms with E-state index in [2.05, 4.69) is 20.6 Å². The Hall–Kier alpha value is -2.63. The molecule has 0 unspecified atom stereocenters. The third-order valence-electron chi connectivity index (χ3n) is 2.94. The highest BCUT2D eigenvalue weighted by molar-refractivity contribution is 5.89. The minimum absolute atomic E-state index is 0.258. The molecule has 1 aromatic heterocycles. The topological polar surface area (TPSA) is 76.1 Å². The highest BCUT2D eigenvalue weighted by Gasteiger charge is 2.07. The lowest BCUT2D eigenvalue weighted by atomic mass is 10.2. The summed E-state index contributed by atoms with van der Waals surface area (Å²) >= 11 is 0. The Kier molecular flexibility index (Phi) is 5.51. The van der Waals surface area contributed by atoms with Crippen molar-refractivity contribution in [1.29, 1.82) is 0 Å². The summed E-state index contributed by atoms with van der Waals surface area (Å²) in [5.74, 6) is 0.968. The molecule has 0 saturated heterocycles. The second kappa shape index (κ2) is 7.58. The number of esters is 1. The molecule has 6 heteroatoms. The van der Waals surface area contributed by atoms with Crippen molar-refractivity contribution in [3.05, 3.63) is 41.6 Å². The van der Waals surface area contributed by atoms with Crippen LogP contribution in [-0.4, -0.2) is 28.6 Å². The summed E-state index contributed by atoms with van der Waals surface area (Å²) in [7, 11) is 0. The van der Waals surface area contributed by atoms with Gasteiger partial charge in [0.2, 0.25) is 5.95 Å². The summed E-state index contributed by atoms with van der Waals surface area (Å²) in [4.78, 5) is 20.4. The third kappa shape index (κ3) is 4.95. The molecule has 0 saturated carbocycles. The van der Waals surface area contributed by atoms with Crippen molar-refractivity contribution in [2.45, 2.75) is 33.7 Å². The number of aromatic nitrogens is 2. The highest BCUT2D eigenvalue weighted by atomic mass is 16.5. The number of carbonyl (C=O) groups is 1. The van der Waals surface area contributed by atoms with Crippen LogP contribution in [-0.2, 0) is 4.74 Å². The first-order valence-electron chi connectivity index (χ1n) is 7.64. The molecule has 0 aliphatic heterocycles. The third-order valence-corrected chi connectivity index (χ3v) is 2.94. The predicted octanol–water partition coefficient (Wildman–Crippen LogP) is 3.53. The molecule has 0 aliphatic carbocycles. The van der Waals surface area contributed by atoms with Crippen molar-refractivity contribution in [3.8, 4) is 0 Å². The van der Waals surface area contributed by atoms with E-state index >= 15 is 0 Å². The first-order chi connectivity index (χ1) is 11.0. The fourth-order valence-electron chi connectivity index (χ4n) is 2.01. The molecule has 2 N–H and O–H groups in total. The van der Waals surface area contributed by atoms with Crippen molar-refractivity contribution in [1.82, 2.24) is 9.97 Å². The van der Waals surface area contributed by atoms with Crippen LogP contribution in [0.25, 0.3) is 0 Å². The molecule has 0 fully saturated rings. The molecule has 0 atom stereocenters. The minimum Gasteiger partial charge on any atom is -0.462 e. The molecule has 0 amide bonds. The predicted molar refractivity (Wildman–Crippen MR) is 91.2 cm³/mol. The fraction of sp³-hybridized carbons (Fsp3) is 0.353. The molecule has 1 aromatic carbocycles. The van der Waals surface area contributed by atoms with Gasteiger partial charge in [0.1, 0.15) is 5.82 Å². The van der Waals surface area contributed by atoms with Crippen LogP contribution in [0, 0.1) is 6.92 Å². The number of anilines is 3. The quantitative estimate of drug-likeness (QED) is 0.794. The van der Waals surface area contributed by atoms with Crippen molar-refractivity contribution >= 4 is 23.4 Å². The van der Waals surface area contributed by atoms with E-state index in [1.165, 1.54) is 0 Å². The van der Waals surface area contributed by atoms with Crippen LogP contribution >= 0.6 is 0 Å². The lowest BCUT2D eigenvalue weighted by Gasteiger charge is -2.12. The average molecular weight is 314 g/mol. The highest BCUT2D eigenvalue weighted by Crippen LogP contribution is 2.18. The number of benzene rings is 1. The van der Waals surface area contributed by atoms with E-state index in [0.29, 0.717) is 23.9 Å². The molecule has 0 radical (unpaired) electrons. The molecular weight excluding hydrogens is 292 g/mol. The maximum Gasteiger partial charge on any atom is 0.338 e. The second-order valence-corrected chi connectivity index (χ2v) is 5.44. The first kappa shape index (κ1) is 16.7. The van der Waals surface area contributed by atoms with Crippen LogP contribution in [0.15, 0.2) is 30.3 Å². The monoisotopic (exact) mass is 314 g/mol. The molecular formula is C17H22N4O2. The molecule has 122 valence electrons. The largest absolute Gasteiger partial charge is 0.462 e. The maximum absolute atomic E-state index is 11.6. The summed E-state index contributed by atoms with van der Waals surface area (Å²) in [6, 6.07) is 9.21. The van der Waals surface area contributed by atoms with E-state index in [9.17, 15) is 4.79 Å². The summed E-state index contributed by atoms with van der Waals surface area (Å²) < 4.78 is 4.97. The molecule has 0 bridgehead atoms. The Labute approximate surface area is 136 Å². The van der Waals surface area contributed by atoms with Gasteiger partial charge in [-0.2, -0.15) is 4.98 Å². The Balaban J connectivity index is 2.12. The number of hydrogen-bond acceptors (Lipinski definition) is 6. The van der Waals surface area contributed by atoms with Gasteiger partial charge in [0.15, 0.2) is 0 Å². The zero-order valence-electron chi connectivity index (χ0n) is 13.9. The van der Waals surface area contributed by atoms with Crippen LogP contribution in [0.1, 0.15) is 36.8 Å². The zero-order chi connectivity index (χ0) is 16.8. The number of hydrogen-bond donors (Lipinski definition) is 2. The van der Waals surface area contributed by atoms with Gasteiger partial charge in [-0.1, -0.05) is 0 Å². The van der Waals surface area contributed by atoms with Crippen molar-refractivity contribution in [2.75, 3.05) is 17.2 Å². The van der Waals surface area contributed by atoms with Gasteiger partial charge < -0.3 is 15.4 Å². The van der Waals surface area contributed by atoms with E-state index in [0.717, 1.165) is 11.4 Å². The summed E-state index contributed by atoms with van der Waals surface area (Å²) in [5, 5.41) is 6.40. The number of carbonyl (C=O) groups excluding carboxylic acids is 1. The Morgan fingerprint density at radius 3 is 2.52 bits per heavy atom. The number of aryl methyl sites for hydroxylation is 1. The number of ether oxygens (including phenoxy) is 1. The van der Waals surface area contributed by atoms with E-state index in [1.54, 1.807) is 19.1 Å². The average Bonchev–Trinajstić information content (AvgIpc) is 2.46. The van der Waals surface area contributed by atoms with Crippen LogP contribution in [0.4, 0.5) is 17.5 Å². The molecule has 23 heavy (non-hydrogen) atoms. The summed E-state index contributed by atoms with van der Waals surface area (Å²) in [5.41, 5.74) is 2.24. The Morgan fingerprint density at radius 2 is 1.91 bits per heavy atom. The van der Waals surface area contributed by atoms with Crippen LogP contribution in [0.5, 0.6) is 0 Å². The van der Waals surface area contributed by atoms with E-state index in [1.807, 2.05) is 39.0 Å². The van der Waals surface area contributed by atoms with Gasteiger partial charge in [0.25, 0.3) is 0 Å². The lowest BCUT2D eigenvalue weighted by molar-refractivity contribution is 0.0526. The van der Waals surface area contributed by atoms with Gasteiger partial charge >= 0.3 is 5.97 Å². The fourth-order valence-corrected chi connectivity index (χ4v) is 2.01. The van der Waals surface area contributed by atoms with Gasteiger partial charge in [-0.05, 0) is 52.0 Å². The van der Waals surface area contributed by atoms with Gasteiger partial charge in [-0.25, -0.2) is 9.78 Å². The molecule has 0 aliphatic rings. The maximum atomic E-state index is 11.6. The molecule has 2 aromatic rings. The van der Waals surface area contributed by atoms with Crippen LogP contribution < -0.4 is 10.6 Å². The van der Waals surface area contributed by atoms with Gasteiger partial charge in [-0.3, -0.25) is 0 Å². The number of nitrogens with one attached hydrogen (secondary N) is 2. The van der Waals surface area contributed by atoms with E-state index < -0.39 is 0 Å². The van der Waals surface area contributed by atoms with Gasteiger partial charge in [0, 0.05) is 23.5 Å². The van der Waals surface area contributed by atoms with Gasteiger partial charge in [-0.15, -0.1) is 0 Å². The van der Waals surface area contributed by atoms with E-state index in [4.69, 9.17) is 4.74 Å². The summed E-state index contributed by atoms with van der Waals surface area (Å²) in [6.07, 6.45) is 0. The van der Waals surface area contributed by atoms with Crippen molar-refractivity contribution < 1.29 is 9.53 Å². The standard InChI is InChI=1S/C17H22N4O2/c1-5-23-16(22)13-6-8-14(9-7-13)20-15-10-12(4)19-17(21-15)18-11(2)3/h6-11H,5H2,1-4H3,(H2,18,19,20,21). The zero-order valence-corrected chi connectivity index (χ0v) is 13.9. The second-order valence-electron chi connectivity index (χ2n) is 5.44. The Morgan fingerprint density at radius 1 is 1.22 bits per heavy atom.